The molecule has 5 heteroatoms. The van der Waals surface area contributed by atoms with Crippen LogP contribution in [-0.2, 0) is 11.8 Å². The van der Waals surface area contributed by atoms with Gasteiger partial charge in [0.1, 0.15) is 0 Å². The first-order valence-electron chi connectivity index (χ1n) is 10.9. The minimum absolute atomic E-state index is 0.0154. The molecule has 1 saturated heterocycles. The van der Waals surface area contributed by atoms with E-state index in [-0.39, 0.29) is 11.9 Å². The number of hydrogen-bond donors (Lipinski definition) is 1. The molecule has 1 aliphatic carbocycles. The van der Waals surface area contributed by atoms with Crippen molar-refractivity contribution in [2.75, 3.05) is 6.54 Å². The number of allylic oxidation sites excluding steroid dienone is 3. The van der Waals surface area contributed by atoms with Crippen molar-refractivity contribution in [2.24, 2.45) is 13.0 Å². The van der Waals surface area contributed by atoms with E-state index in [2.05, 4.69) is 11.7 Å². The monoisotopic (exact) mass is 417 g/mol. The predicted octanol–water partition coefficient (Wildman–Crippen LogP) is 4.36. The molecule has 2 aromatic rings. The molecule has 2 fully saturated rings. The van der Waals surface area contributed by atoms with Gasteiger partial charge in [0, 0.05) is 25.4 Å². The van der Waals surface area contributed by atoms with Gasteiger partial charge in [0.25, 0.3) is 5.91 Å². The van der Waals surface area contributed by atoms with E-state index < -0.39 is 5.60 Å². The Balaban J connectivity index is 1.72. The quantitative estimate of drug-likeness (QED) is 0.711. The molecule has 1 N–H and O–H groups in total. The topological polar surface area (TPSA) is 58.4 Å². The van der Waals surface area contributed by atoms with Crippen molar-refractivity contribution < 1.29 is 9.90 Å². The average molecular weight is 418 g/mol. The number of rotatable bonds is 6. The average Bonchev–Trinajstić information content (AvgIpc) is 3.38. The minimum Gasteiger partial charge on any atom is -0.388 e. The Morgan fingerprint density at radius 3 is 2.42 bits per heavy atom. The second-order valence-corrected chi connectivity index (χ2v) is 9.16. The molecule has 1 amide bonds. The van der Waals surface area contributed by atoms with Crippen molar-refractivity contribution in [3.05, 3.63) is 72.1 Å². The SMILES string of the molecule is C=C/C(=C1/C(=O)N(C(C2CC2)C(C)(C)O)C/C1=C/C)c1ccc(-c2cnn(C)c2)cc1. The van der Waals surface area contributed by atoms with Crippen molar-refractivity contribution in [2.45, 2.75) is 45.3 Å². The Bertz CT molecular complexity index is 1060. The summed E-state index contributed by atoms with van der Waals surface area (Å²) in [6.45, 7) is 10.1. The van der Waals surface area contributed by atoms with Crippen LogP contribution in [0.2, 0.25) is 0 Å². The molecule has 2 heterocycles. The molecule has 1 aromatic heterocycles. The van der Waals surface area contributed by atoms with Crippen molar-refractivity contribution in [1.29, 1.82) is 0 Å². The first-order valence-corrected chi connectivity index (χ1v) is 10.9. The van der Waals surface area contributed by atoms with Gasteiger partial charge in [-0.15, -0.1) is 0 Å². The van der Waals surface area contributed by atoms with E-state index in [1.54, 1.807) is 10.8 Å². The molecule has 1 saturated carbocycles. The van der Waals surface area contributed by atoms with Crippen molar-refractivity contribution in [3.63, 3.8) is 0 Å². The summed E-state index contributed by atoms with van der Waals surface area (Å²) < 4.78 is 1.78. The van der Waals surface area contributed by atoms with Crippen LogP contribution in [0.1, 0.15) is 39.2 Å². The Kier molecular flexibility index (Phi) is 5.48. The van der Waals surface area contributed by atoms with E-state index in [0.29, 0.717) is 18.0 Å². The van der Waals surface area contributed by atoms with Gasteiger partial charge in [0.05, 0.1) is 23.4 Å². The van der Waals surface area contributed by atoms with Crippen LogP contribution in [0, 0.1) is 5.92 Å². The summed E-state index contributed by atoms with van der Waals surface area (Å²) in [5.74, 6) is 0.353. The number of carbonyl (C=O) groups excluding carboxylic acids is 1. The van der Waals surface area contributed by atoms with Gasteiger partial charge < -0.3 is 10.0 Å². The fraction of sp³-hybridized carbons (Fsp3) is 0.385. The number of nitrogens with zero attached hydrogens (tertiary/aromatic N) is 3. The summed E-state index contributed by atoms with van der Waals surface area (Å²) in [6.07, 6.45) is 9.73. The number of aliphatic hydroxyl groups is 1. The number of amides is 1. The zero-order valence-electron chi connectivity index (χ0n) is 18.8. The number of benzene rings is 1. The van der Waals surface area contributed by atoms with Gasteiger partial charge in [-0.1, -0.05) is 43.0 Å². The Labute approximate surface area is 184 Å². The zero-order chi connectivity index (χ0) is 22.3. The predicted molar refractivity (Wildman–Crippen MR) is 124 cm³/mol. The smallest absolute Gasteiger partial charge is 0.255 e. The van der Waals surface area contributed by atoms with E-state index in [1.165, 1.54) is 0 Å². The van der Waals surface area contributed by atoms with Gasteiger partial charge in [-0.25, -0.2) is 0 Å². The molecule has 2 aliphatic rings. The van der Waals surface area contributed by atoms with Gasteiger partial charge in [-0.05, 0) is 61.8 Å². The van der Waals surface area contributed by atoms with Crippen molar-refractivity contribution in [3.8, 4) is 11.1 Å². The van der Waals surface area contributed by atoms with Crippen LogP contribution in [0.15, 0.2) is 66.5 Å². The third kappa shape index (κ3) is 4.02. The van der Waals surface area contributed by atoms with Gasteiger partial charge in [0.2, 0.25) is 0 Å². The molecular weight excluding hydrogens is 386 g/mol. The van der Waals surface area contributed by atoms with Gasteiger partial charge >= 0.3 is 0 Å². The molecule has 5 nitrogen and oxygen atoms in total. The summed E-state index contributed by atoms with van der Waals surface area (Å²) in [5, 5.41) is 15.0. The standard InChI is InChI=1S/C26H31N3O2/c1-6-17-16-29(24(20-12-13-20)26(3,4)31)25(30)23(17)22(7-2)19-10-8-18(9-11-19)21-14-27-28(5)15-21/h6-11,14-15,20,24,31H,2,12-13,16H2,1,3-5H3/b17-6-,23-22-. The van der Waals surface area contributed by atoms with E-state index in [0.717, 1.165) is 40.7 Å². The van der Waals surface area contributed by atoms with E-state index >= 15 is 0 Å². The Hall–Kier alpha value is -2.92. The molecule has 0 radical (unpaired) electrons. The molecule has 1 aliphatic heterocycles. The zero-order valence-corrected chi connectivity index (χ0v) is 18.8. The maximum atomic E-state index is 13.6. The third-order valence-electron chi connectivity index (χ3n) is 6.32. The molecule has 162 valence electrons. The first-order chi connectivity index (χ1) is 14.7. The van der Waals surface area contributed by atoms with Gasteiger partial charge in [-0.2, -0.15) is 5.10 Å². The van der Waals surface area contributed by atoms with Crippen LogP contribution in [-0.4, -0.2) is 43.9 Å². The molecular formula is C26H31N3O2. The minimum atomic E-state index is -0.940. The van der Waals surface area contributed by atoms with Gasteiger partial charge in [0.15, 0.2) is 0 Å². The van der Waals surface area contributed by atoms with Crippen molar-refractivity contribution >= 4 is 11.5 Å². The van der Waals surface area contributed by atoms with Gasteiger partial charge in [-0.3, -0.25) is 9.48 Å². The maximum Gasteiger partial charge on any atom is 0.255 e. The summed E-state index contributed by atoms with van der Waals surface area (Å²) in [6, 6.07) is 7.99. The lowest BCUT2D eigenvalue weighted by atomic mass is 9.92. The summed E-state index contributed by atoms with van der Waals surface area (Å²) >= 11 is 0. The molecule has 1 unspecified atom stereocenters. The second kappa shape index (κ2) is 7.97. The van der Waals surface area contributed by atoms with Crippen LogP contribution >= 0.6 is 0 Å². The number of likely N-dealkylation sites (tertiary alicyclic amines) is 1. The maximum absolute atomic E-state index is 13.6. The number of aryl methyl sites for hydroxylation is 1. The molecule has 1 aromatic carbocycles. The highest BCUT2D eigenvalue weighted by Crippen LogP contribution is 2.44. The Morgan fingerprint density at radius 2 is 1.94 bits per heavy atom. The second-order valence-electron chi connectivity index (χ2n) is 9.16. The first kappa shape index (κ1) is 21.3. The van der Waals surface area contributed by atoms with Crippen LogP contribution < -0.4 is 0 Å². The molecule has 31 heavy (non-hydrogen) atoms. The lowest BCUT2D eigenvalue weighted by Crippen LogP contribution is -2.51. The van der Waals surface area contributed by atoms with Crippen LogP contribution in [0.25, 0.3) is 16.7 Å². The normalized spacial score (nSPS) is 21.0. The highest BCUT2D eigenvalue weighted by atomic mass is 16.3. The lowest BCUT2D eigenvalue weighted by Gasteiger charge is -2.36. The molecule has 0 spiro atoms. The summed E-state index contributed by atoms with van der Waals surface area (Å²) in [4.78, 5) is 15.5. The molecule has 0 bridgehead atoms. The fourth-order valence-corrected chi connectivity index (χ4v) is 4.77. The van der Waals surface area contributed by atoms with Crippen LogP contribution in [0.3, 0.4) is 0 Å². The Morgan fingerprint density at radius 1 is 1.26 bits per heavy atom. The van der Waals surface area contributed by atoms with E-state index in [4.69, 9.17) is 0 Å². The van der Waals surface area contributed by atoms with E-state index in [9.17, 15) is 9.90 Å². The molecule has 4 rings (SSSR count). The third-order valence-corrected chi connectivity index (χ3v) is 6.32. The highest BCUT2D eigenvalue weighted by Gasteiger charge is 2.48. The largest absolute Gasteiger partial charge is 0.388 e. The fourth-order valence-electron chi connectivity index (χ4n) is 4.77. The van der Waals surface area contributed by atoms with Crippen LogP contribution in [0.5, 0.6) is 0 Å². The summed E-state index contributed by atoms with van der Waals surface area (Å²) in [7, 11) is 1.90. The number of hydrogen-bond acceptors (Lipinski definition) is 3. The molecule has 1 atom stereocenters. The highest BCUT2D eigenvalue weighted by molar-refractivity contribution is 6.10. The number of aromatic nitrogens is 2. The van der Waals surface area contributed by atoms with Crippen LogP contribution in [0.4, 0.5) is 0 Å². The summed E-state index contributed by atoms with van der Waals surface area (Å²) in [5.41, 5.74) is 4.67. The number of carbonyl (C=O) groups is 1. The van der Waals surface area contributed by atoms with E-state index in [1.807, 2.05) is 75.5 Å². The van der Waals surface area contributed by atoms with Crippen molar-refractivity contribution in [1.82, 2.24) is 14.7 Å². The lowest BCUT2D eigenvalue weighted by molar-refractivity contribution is -0.133.